The van der Waals surface area contributed by atoms with Gasteiger partial charge < -0.3 is 14.5 Å². The summed E-state index contributed by atoms with van der Waals surface area (Å²) in [6.45, 7) is 5.88. The highest BCUT2D eigenvalue weighted by atomic mass is 16.7. The van der Waals surface area contributed by atoms with Gasteiger partial charge in [0.2, 0.25) is 0 Å². The van der Waals surface area contributed by atoms with Gasteiger partial charge in [0.05, 0.1) is 29.5 Å². The number of ether oxygens (including phenoxy) is 2. The SMILES string of the molecule is CCC[C@]1(OC(C)=O)OCCc2c1[nH]c1c(C)ccc(C#N)c21. The maximum atomic E-state index is 11.6. The van der Waals surface area contributed by atoms with E-state index >= 15 is 0 Å². The topological polar surface area (TPSA) is 75.1 Å². The van der Waals surface area contributed by atoms with Gasteiger partial charge in [0.25, 0.3) is 5.79 Å². The van der Waals surface area contributed by atoms with Crippen LogP contribution >= 0.6 is 0 Å². The zero-order chi connectivity index (χ0) is 16.6. The lowest BCUT2D eigenvalue weighted by molar-refractivity contribution is -0.247. The lowest BCUT2D eigenvalue weighted by Crippen LogP contribution is -2.39. The number of carbonyl (C=O) groups excluding carboxylic acids is 1. The number of hydrogen-bond donors (Lipinski definition) is 1. The fourth-order valence-electron chi connectivity index (χ4n) is 3.46. The number of esters is 1. The van der Waals surface area contributed by atoms with Crippen molar-refractivity contribution in [3.8, 4) is 6.07 Å². The van der Waals surface area contributed by atoms with Crippen molar-refractivity contribution < 1.29 is 14.3 Å². The monoisotopic (exact) mass is 312 g/mol. The number of aromatic nitrogens is 1. The molecule has 1 aromatic carbocycles. The van der Waals surface area contributed by atoms with Crippen LogP contribution in [0.3, 0.4) is 0 Å². The van der Waals surface area contributed by atoms with Crippen LogP contribution in [0.4, 0.5) is 0 Å². The van der Waals surface area contributed by atoms with E-state index in [0.717, 1.165) is 34.1 Å². The van der Waals surface area contributed by atoms with Crippen LogP contribution < -0.4 is 0 Å². The summed E-state index contributed by atoms with van der Waals surface area (Å²) in [5, 5.41) is 10.4. The summed E-state index contributed by atoms with van der Waals surface area (Å²) in [7, 11) is 0. The van der Waals surface area contributed by atoms with Crippen molar-refractivity contribution in [1.82, 2.24) is 4.98 Å². The number of fused-ring (bicyclic) bond motifs is 3. The molecule has 0 fully saturated rings. The fourth-order valence-corrected chi connectivity index (χ4v) is 3.46. The first-order valence-electron chi connectivity index (χ1n) is 7.90. The van der Waals surface area contributed by atoms with E-state index in [-0.39, 0.29) is 5.97 Å². The molecule has 0 unspecified atom stereocenters. The van der Waals surface area contributed by atoms with Gasteiger partial charge >= 0.3 is 5.97 Å². The van der Waals surface area contributed by atoms with Crippen LogP contribution in [0.2, 0.25) is 0 Å². The maximum absolute atomic E-state index is 11.6. The van der Waals surface area contributed by atoms with Crippen molar-refractivity contribution in [3.05, 3.63) is 34.5 Å². The molecular weight excluding hydrogens is 292 g/mol. The van der Waals surface area contributed by atoms with Crippen LogP contribution in [0.25, 0.3) is 10.9 Å². The van der Waals surface area contributed by atoms with Crippen molar-refractivity contribution >= 4 is 16.9 Å². The zero-order valence-electron chi connectivity index (χ0n) is 13.7. The van der Waals surface area contributed by atoms with Gasteiger partial charge in [0, 0.05) is 18.7 Å². The third-order valence-corrected chi connectivity index (χ3v) is 4.34. The predicted octanol–water partition coefficient (Wildman–Crippen LogP) is 3.44. The molecule has 0 saturated carbocycles. The van der Waals surface area contributed by atoms with Crippen molar-refractivity contribution in [1.29, 1.82) is 5.26 Å². The number of nitrogens with zero attached hydrogens (tertiary/aromatic N) is 1. The van der Waals surface area contributed by atoms with Crippen LogP contribution in [0.1, 0.15) is 49.1 Å². The number of hydrogen-bond acceptors (Lipinski definition) is 4. The third-order valence-electron chi connectivity index (χ3n) is 4.34. The Morgan fingerprint density at radius 2 is 2.30 bits per heavy atom. The van der Waals surface area contributed by atoms with E-state index in [4.69, 9.17) is 9.47 Å². The number of aromatic amines is 1. The Hall–Kier alpha value is -2.32. The summed E-state index contributed by atoms with van der Waals surface area (Å²) in [6.07, 6.45) is 2.08. The number of aryl methyl sites for hydroxylation is 1. The highest BCUT2D eigenvalue weighted by Gasteiger charge is 2.43. The van der Waals surface area contributed by atoms with Crippen LogP contribution in [-0.4, -0.2) is 17.6 Å². The number of nitriles is 1. The Kier molecular flexibility index (Phi) is 3.87. The summed E-state index contributed by atoms with van der Waals surface area (Å²) in [4.78, 5) is 15.0. The third kappa shape index (κ3) is 2.40. The van der Waals surface area contributed by atoms with Crippen molar-refractivity contribution in [2.45, 2.75) is 45.8 Å². The number of benzene rings is 1. The largest absolute Gasteiger partial charge is 0.427 e. The molecule has 2 heterocycles. The van der Waals surface area contributed by atoms with Gasteiger partial charge in [-0.3, -0.25) is 4.79 Å². The van der Waals surface area contributed by atoms with E-state index < -0.39 is 5.79 Å². The van der Waals surface area contributed by atoms with Crippen LogP contribution in [-0.2, 0) is 26.5 Å². The maximum Gasteiger partial charge on any atom is 0.305 e. The molecule has 1 aliphatic heterocycles. The van der Waals surface area contributed by atoms with Crippen LogP contribution in [0.15, 0.2) is 12.1 Å². The van der Waals surface area contributed by atoms with Crippen molar-refractivity contribution in [2.75, 3.05) is 6.61 Å². The van der Waals surface area contributed by atoms with E-state index in [9.17, 15) is 10.1 Å². The minimum absolute atomic E-state index is 0.373. The highest BCUT2D eigenvalue weighted by Crippen LogP contribution is 2.42. The molecule has 0 spiro atoms. The predicted molar refractivity (Wildman–Crippen MR) is 85.8 cm³/mol. The Labute approximate surface area is 135 Å². The Bertz CT molecular complexity index is 816. The number of nitrogens with one attached hydrogen (secondary N) is 1. The lowest BCUT2D eigenvalue weighted by atomic mass is 9.94. The Balaban J connectivity index is 2.30. The molecule has 0 radical (unpaired) electrons. The summed E-state index contributed by atoms with van der Waals surface area (Å²) in [5.74, 6) is -1.45. The summed E-state index contributed by atoms with van der Waals surface area (Å²) in [5.41, 5.74) is 4.43. The first kappa shape index (κ1) is 15.6. The van der Waals surface area contributed by atoms with E-state index in [1.54, 1.807) is 0 Å². The molecule has 0 saturated heterocycles. The van der Waals surface area contributed by atoms with Gasteiger partial charge in [0.15, 0.2) is 0 Å². The molecule has 2 aromatic rings. The summed E-state index contributed by atoms with van der Waals surface area (Å²) >= 11 is 0. The fraction of sp³-hybridized carbons (Fsp3) is 0.444. The number of H-pyrrole nitrogens is 1. The normalized spacial score (nSPS) is 20.1. The molecule has 5 heteroatoms. The van der Waals surface area contributed by atoms with E-state index in [0.29, 0.717) is 25.0 Å². The molecule has 5 nitrogen and oxygen atoms in total. The average molecular weight is 312 g/mol. The lowest BCUT2D eigenvalue weighted by Gasteiger charge is -2.36. The molecule has 1 aromatic heterocycles. The first-order chi connectivity index (χ1) is 11.0. The van der Waals surface area contributed by atoms with Gasteiger partial charge in [-0.1, -0.05) is 13.0 Å². The van der Waals surface area contributed by atoms with E-state index in [1.807, 2.05) is 26.0 Å². The molecule has 1 atom stereocenters. The zero-order valence-corrected chi connectivity index (χ0v) is 13.7. The number of carbonyl (C=O) groups is 1. The molecular formula is C18H20N2O3. The van der Waals surface area contributed by atoms with E-state index in [1.165, 1.54) is 6.92 Å². The molecule has 1 aliphatic rings. The molecule has 120 valence electrons. The standard InChI is InChI=1S/C18H20N2O3/c1-4-8-18(23-12(3)21)17-14(7-9-22-18)15-13(10-19)6-5-11(2)16(15)20-17/h5-6,20H,4,7-9H2,1-3H3/t18-/m1/s1. The average Bonchev–Trinajstić information content (AvgIpc) is 2.90. The number of rotatable bonds is 3. The van der Waals surface area contributed by atoms with Crippen molar-refractivity contribution in [3.63, 3.8) is 0 Å². The van der Waals surface area contributed by atoms with Gasteiger partial charge in [0.1, 0.15) is 0 Å². The first-order valence-corrected chi connectivity index (χ1v) is 7.90. The minimum Gasteiger partial charge on any atom is -0.427 e. The van der Waals surface area contributed by atoms with Gasteiger partial charge in [-0.2, -0.15) is 5.26 Å². The van der Waals surface area contributed by atoms with Gasteiger partial charge in [-0.05, 0) is 37.0 Å². The molecule has 23 heavy (non-hydrogen) atoms. The van der Waals surface area contributed by atoms with Crippen molar-refractivity contribution in [2.24, 2.45) is 0 Å². The Morgan fingerprint density at radius 1 is 1.52 bits per heavy atom. The molecule has 1 N–H and O–H groups in total. The Morgan fingerprint density at radius 3 is 2.96 bits per heavy atom. The van der Waals surface area contributed by atoms with Gasteiger partial charge in [-0.25, -0.2) is 0 Å². The highest BCUT2D eigenvalue weighted by molar-refractivity contribution is 5.92. The minimum atomic E-state index is -1.08. The smallest absolute Gasteiger partial charge is 0.305 e. The quantitative estimate of drug-likeness (QED) is 0.881. The van der Waals surface area contributed by atoms with Crippen LogP contribution in [0.5, 0.6) is 0 Å². The second-order valence-corrected chi connectivity index (χ2v) is 5.97. The summed E-state index contributed by atoms with van der Waals surface area (Å²) < 4.78 is 11.5. The molecule has 0 aliphatic carbocycles. The van der Waals surface area contributed by atoms with Gasteiger partial charge in [-0.15, -0.1) is 0 Å². The molecule has 0 bridgehead atoms. The molecule has 3 rings (SSSR count). The van der Waals surface area contributed by atoms with Crippen LogP contribution in [0, 0.1) is 18.3 Å². The molecule has 0 amide bonds. The van der Waals surface area contributed by atoms with E-state index in [2.05, 4.69) is 11.1 Å². The summed E-state index contributed by atoms with van der Waals surface area (Å²) in [6, 6.07) is 6.03. The second kappa shape index (κ2) is 5.71. The second-order valence-electron chi connectivity index (χ2n) is 5.97.